The van der Waals surface area contributed by atoms with Crippen LogP contribution < -0.4 is 5.32 Å². The van der Waals surface area contributed by atoms with E-state index in [9.17, 15) is 18.0 Å². The molecule has 1 atom stereocenters. The van der Waals surface area contributed by atoms with Crippen LogP contribution in [0.2, 0.25) is 0 Å². The summed E-state index contributed by atoms with van der Waals surface area (Å²) >= 11 is 0. The molecule has 0 aromatic heterocycles. The third-order valence-corrected chi connectivity index (χ3v) is 5.01. The van der Waals surface area contributed by atoms with Gasteiger partial charge in [0.2, 0.25) is 0 Å². The number of amides is 1. The monoisotopic (exact) mass is 405 g/mol. The summed E-state index contributed by atoms with van der Waals surface area (Å²) in [7, 11) is -4.57. The van der Waals surface area contributed by atoms with Gasteiger partial charge in [-0.1, -0.05) is 55.8 Å². The zero-order chi connectivity index (χ0) is 20.7. The first-order valence-electron chi connectivity index (χ1n) is 8.89. The maximum Gasteiger partial charge on any atom is 0.327 e. The van der Waals surface area contributed by atoms with Crippen molar-refractivity contribution in [3.63, 3.8) is 0 Å². The molecule has 0 aliphatic rings. The van der Waals surface area contributed by atoms with Gasteiger partial charge < -0.3 is 10.4 Å². The van der Waals surface area contributed by atoms with Gasteiger partial charge in [-0.25, -0.2) is 4.79 Å². The number of carboxylic acids is 1. The Hall–Kier alpha value is -2.71. The van der Waals surface area contributed by atoms with Crippen molar-refractivity contribution >= 4 is 22.0 Å². The number of carbonyl (C=O) groups excluding carboxylic acids is 1. The van der Waals surface area contributed by atoms with Crippen molar-refractivity contribution in [3.8, 4) is 11.1 Å². The Kier molecular flexibility index (Phi) is 7.31. The van der Waals surface area contributed by atoms with Crippen molar-refractivity contribution in [2.75, 3.05) is 5.75 Å². The van der Waals surface area contributed by atoms with Crippen LogP contribution in [-0.2, 0) is 21.3 Å². The van der Waals surface area contributed by atoms with Crippen LogP contribution >= 0.6 is 0 Å². The summed E-state index contributed by atoms with van der Waals surface area (Å²) in [5, 5.41) is 11.4. The number of aryl methyl sites for hydroxylation is 1. The molecule has 3 N–H and O–H groups in total. The van der Waals surface area contributed by atoms with Gasteiger partial charge in [-0.3, -0.25) is 9.35 Å². The van der Waals surface area contributed by atoms with E-state index in [2.05, 4.69) is 12.2 Å². The Morgan fingerprint density at radius 2 is 1.64 bits per heavy atom. The molecule has 0 radical (unpaired) electrons. The van der Waals surface area contributed by atoms with Crippen molar-refractivity contribution in [3.05, 3.63) is 59.7 Å². The topological polar surface area (TPSA) is 121 Å². The van der Waals surface area contributed by atoms with Gasteiger partial charge >= 0.3 is 5.97 Å². The van der Waals surface area contributed by atoms with Crippen LogP contribution in [-0.4, -0.2) is 41.7 Å². The fourth-order valence-corrected chi connectivity index (χ4v) is 3.55. The lowest BCUT2D eigenvalue weighted by atomic mass is 9.92. The fraction of sp³-hybridized carbons (Fsp3) is 0.300. The maximum atomic E-state index is 12.7. The van der Waals surface area contributed by atoms with Gasteiger partial charge in [-0.05, 0) is 35.6 Å². The molecule has 2 aromatic carbocycles. The number of rotatable bonds is 9. The van der Waals surface area contributed by atoms with Crippen molar-refractivity contribution in [1.29, 1.82) is 0 Å². The molecule has 0 aliphatic carbocycles. The Balaban J connectivity index is 2.39. The first-order valence-corrected chi connectivity index (χ1v) is 10.5. The normalized spacial score (nSPS) is 12.4. The van der Waals surface area contributed by atoms with E-state index in [0.717, 1.165) is 30.4 Å². The number of aliphatic carboxylic acids is 1. The van der Waals surface area contributed by atoms with Crippen LogP contribution in [0.3, 0.4) is 0 Å². The lowest BCUT2D eigenvalue weighted by Crippen LogP contribution is -2.45. The highest BCUT2D eigenvalue weighted by molar-refractivity contribution is 7.85. The van der Waals surface area contributed by atoms with Crippen molar-refractivity contribution in [2.45, 2.75) is 32.2 Å². The minimum atomic E-state index is -4.57. The Labute approximate surface area is 164 Å². The van der Waals surface area contributed by atoms with E-state index in [0.29, 0.717) is 5.56 Å². The number of unbranched alkanes of at least 4 members (excludes halogenated alkanes) is 1. The van der Waals surface area contributed by atoms with Crippen molar-refractivity contribution < 1.29 is 27.7 Å². The van der Waals surface area contributed by atoms with Gasteiger partial charge in [-0.15, -0.1) is 0 Å². The van der Waals surface area contributed by atoms with Crippen LogP contribution in [0.5, 0.6) is 0 Å². The average Bonchev–Trinajstić information content (AvgIpc) is 2.65. The zero-order valence-corrected chi connectivity index (χ0v) is 16.3. The standard InChI is InChI=1S/C20H23NO6S/c1-2-3-8-14-9-4-5-10-15(14)16-11-6-7-12-17(16)19(22)21-18(20(23)24)13-28(25,26)27/h4-7,9-12,18H,2-3,8,13H2,1H3,(H,21,22)(H,23,24)(H,25,26,27)/t18-/m0/s1. The van der Waals surface area contributed by atoms with Gasteiger partial charge in [-0.2, -0.15) is 8.42 Å². The number of nitrogens with one attached hydrogen (secondary N) is 1. The molecule has 0 unspecified atom stereocenters. The molecule has 0 saturated heterocycles. The van der Waals surface area contributed by atoms with Gasteiger partial charge in [0, 0.05) is 5.56 Å². The highest BCUT2D eigenvalue weighted by Gasteiger charge is 2.27. The van der Waals surface area contributed by atoms with Crippen molar-refractivity contribution in [1.82, 2.24) is 5.32 Å². The molecule has 0 spiro atoms. The highest BCUT2D eigenvalue weighted by atomic mass is 32.2. The minimum Gasteiger partial charge on any atom is -0.480 e. The predicted octanol–water partition coefficient (Wildman–Crippen LogP) is 2.77. The molecule has 7 nitrogen and oxygen atoms in total. The van der Waals surface area contributed by atoms with E-state index < -0.39 is 33.8 Å². The van der Waals surface area contributed by atoms with Gasteiger partial charge in [0.05, 0.1) is 0 Å². The molecular weight excluding hydrogens is 382 g/mol. The number of hydrogen-bond donors (Lipinski definition) is 3. The largest absolute Gasteiger partial charge is 0.480 e. The second-order valence-electron chi connectivity index (χ2n) is 6.42. The van der Waals surface area contributed by atoms with E-state index in [1.165, 1.54) is 0 Å². The lowest BCUT2D eigenvalue weighted by molar-refractivity contribution is -0.138. The summed E-state index contributed by atoms with van der Waals surface area (Å²) in [5.41, 5.74) is 2.79. The summed E-state index contributed by atoms with van der Waals surface area (Å²) in [6.07, 6.45) is 2.84. The van der Waals surface area contributed by atoms with Crippen LogP contribution in [0.25, 0.3) is 11.1 Å². The van der Waals surface area contributed by atoms with E-state index >= 15 is 0 Å². The summed E-state index contributed by atoms with van der Waals surface area (Å²) in [5.74, 6) is -3.38. The Bertz CT molecular complexity index is 955. The van der Waals surface area contributed by atoms with Crippen molar-refractivity contribution in [2.24, 2.45) is 0 Å². The first-order chi connectivity index (χ1) is 13.2. The molecule has 0 fully saturated rings. The smallest absolute Gasteiger partial charge is 0.327 e. The molecule has 0 aliphatic heterocycles. The zero-order valence-electron chi connectivity index (χ0n) is 15.5. The number of carbonyl (C=O) groups is 2. The summed E-state index contributed by atoms with van der Waals surface area (Å²) < 4.78 is 31.0. The van der Waals surface area contributed by atoms with Gasteiger partial charge in [0.25, 0.3) is 16.0 Å². The molecule has 0 bridgehead atoms. The SMILES string of the molecule is CCCCc1ccccc1-c1ccccc1C(=O)N[C@@H](CS(=O)(=O)O)C(=O)O. The predicted molar refractivity (Wildman–Crippen MR) is 106 cm³/mol. The molecule has 1 amide bonds. The summed E-state index contributed by atoms with van der Waals surface area (Å²) in [4.78, 5) is 24.0. The molecule has 28 heavy (non-hydrogen) atoms. The van der Waals surface area contributed by atoms with E-state index in [1.54, 1.807) is 24.3 Å². The third-order valence-electron chi connectivity index (χ3n) is 4.26. The van der Waals surface area contributed by atoms with E-state index in [4.69, 9.17) is 9.66 Å². The maximum absolute atomic E-state index is 12.7. The second kappa shape index (κ2) is 9.48. The Morgan fingerprint density at radius 1 is 1.04 bits per heavy atom. The Morgan fingerprint density at radius 3 is 2.25 bits per heavy atom. The molecule has 0 saturated carbocycles. The number of carboxylic acid groups (broad SMARTS) is 1. The number of hydrogen-bond acceptors (Lipinski definition) is 4. The molecule has 2 rings (SSSR count). The average molecular weight is 405 g/mol. The van der Waals surface area contributed by atoms with Gasteiger partial charge in [0.1, 0.15) is 11.8 Å². The van der Waals surface area contributed by atoms with Crippen LogP contribution in [0.15, 0.2) is 48.5 Å². The lowest BCUT2D eigenvalue weighted by Gasteiger charge is -2.16. The molecule has 2 aromatic rings. The molecular formula is C20H23NO6S. The molecule has 8 heteroatoms. The van der Waals surface area contributed by atoms with Crippen LogP contribution in [0.4, 0.5) is 0 Å². The summed E-state index contributed by atoms with van der Waals surface area (Å²) in [6, 6.07) is 12.6. The van der Waals surface area contributed by atoms with Crippen LogP contribution in [0.1, 0.15) is 35.7 Å². The quantitative estimate of drug-likeness (QED) is 0.552. The highest BCUT2D eigenvalue weighted by Crippen LogP contribution is 2.28. The van der Waals surface area contributed by atoms with Crippen LogP contribution in [0, 0.1) is 0 Å². The first kappa shape index (κ1) is 21.6. The van der Waals surface area contributed by atoms with E-state index in [1.807, 2.05) is 24.3 Å². The molecule has 150 valence electrons. The fourth-order valence-electron chi connectivity index (χ4n) is 2.91. The number of benzene rings is 2. The minimum absolute atomic E-state index is 0.230. The van der Waals surface area contributed by atoms with Gasteiger partial charge in [0.15, 0.2) is 0 Å². The van der Waals surface area contributed by atoms with E-state index in [-0.39, 0.29) is 5.56 Å². The third kappa shape index (κ3) is 5.90. The second-order valence-corrected chi connectivity index (χ2v) is 7.92. The summed E-state index contributed by atoms with van der Waals surface area (Å²) in [6.45, 7) is 2.09. The molecule has 0 heterocycles.